The Morgan fingerprint density at radius 1 is 1.26 bits per heavy atom. The zero-order valence-corrected chi connectivity index (χ0v) is 12.0. The van der Waals surface area contributed by atoms with Gasteiger partial charge in [-0.3, -0.25) is 4.79 Å². The molecule has 0 saturated heterocycles. The maximum Gasteiger partial charge on any atom is 0.257 e. The van der Waals surface area contributed by atoms with Crippen LogP contribution in [-0.2, 0) is 0 Å². The van der Waals surface area contributed by atoms with Crippen LogP contribution >= 0.6 is 27.5 Å². The maximum absolute atomic E-state index is 12.1. The lowest BCUT2D eigenvalue weighted by Gasteiger charge is -2.08. The molecule has 0 aliphatic heterocycles. The molecular formula is C14H8BrClN2O. The fourth-order valence-electron chi connectivity index (χ4n) is 1.55. The Hall–Kier alpha value is -1.83. The summed E-state index contributed by atoms with van der Waals surface area (Å²) in [5.74, 6) is -0.353. The lowest BCUT2D eigenvalue weighted by Crippen LogP contribution is -2.13. The van der Waals surface area contributed by atoms with Gasteiger partial charge in [-0.05, 0) is 30.3 Å². The first-order valence-electron chi connectivity index (χ1n) is 5.37. The van der Waals surface area contributed by atoms with Crippen LogP contribution in [0.25, 0.3) is 0 Å². The van der Waals surface area contributed by atoms with Gasteiger partial charge in [0.1, 0.15) is 6.07 Å². The fraction of sp³-hybridized carbons (Fsp3) is 0. The lowest BCUT2D eigenvalue weighted by molar-refractivity contribution is 0.102. The number of nitriles is 1. The molecule has 1 N–H and O–H groups in total. The Morgan fingerprint density at radius 3 is 2.74 bits per heavy atom. The molecule has 2 aromatic carbocycles. The number of carbonyl (C=O) groups is 1. The van der Waals surface area contributed by atoms with Crippen LogP contribution in [0.15, 0.2) is 46.9 Å². The largest absolute Gasteiger partial charge is 0.321 e. The smallest absolute Gasteiger partial charge is 0.257 e. The van der Waals surface area contributed by atoms with E-state index in [-0.39, 0.29) is 5.91 Å². The van der Waals surface area contributed by atoms with Gasteiger partial charge in [-0.15, -0.1) is 0 Å². The standard InChI is InChI=1S/C14H8BrClN2O/c15-10-5-6-12(16)11(7-10)14(19)18-13-4-2-1-3-9(13)8-17/h1-7H,(H,18,19). The number of halogens is 2. The molecule has 0 radical (unpaired) electrons. The molecule has 0 aliphatic rings. The van der Waals surface area contributed by atoms with Crippen molar-refractivity contribution < 1.29 is 4.79 Å². The molecule has 0 unspecified atom stereocenters. The van der Waals surface area contributed by atoms with Gasteiger partial charge in [0, 0.05) is 4.47 Å². The van der Waals surface area contributed by atoms with Gasteiger partial charge in [0.15, 0.2) is 0 Å². The number of nitrogens with zero attached hydrogens (tertiary/aromatic N) is 1. The molecule has 5 heteroatoms. The van der Waals surface area contributed by atoms with Crippen molar-refractivity contribution in [1.82, 2.24) is 0 Å². The molecule has 19 heavy (non-hydrogen) atoms. The Balaban J connectivity index is 2.31. The van der Waals surface area contributed by atoms with Crippen LogP contribution < -0.4 is 5.32 Å². The van der Waals surface area contributed by atoms with E-state index in [1.807, 2.05) is 6.07 Å². The van der Waals surface area contributed by atoms with E-state index in [0.29, 0.717) is 21.8 Å². The Bertz CT molecular complexity index is 679. The molecule has 0 aliphatic carbocycles. The first kappa shape index (κ1) is 13.6. The van der Waals surface area contributed by atoms with Crippen molar-refractivity contribution in [3.63, 3.8) is 0 Å². The Morgan fingerprint density at radius 2 is 2.00 bits per heavy atom. The number of hydrogen-bond donors (Lipinski definition) is 1. The predicted octanol–water partition coefficient (Wildman–Crippen LogP) is 4.23. The molecule has 0 atom stereocenters. The number of nitrogens with one attached hydrogen (secondary N) is 1. The monoisotopic (exact) mass is 334 g/mol. The molecule has 0 heterocycles. The molecule has 2 aromatic rings. The molecular weight excluding hydrogens is 328 g/mol. The highest BCUT2D eigenvalue weighted by Crippen LogP contribution is 2.23. The number of anilines is 1. The highest BCUT2D eigenvalue weighted by atomic mass is 79.9. The minimum absolute atomic E-state index is 0.351. The lowest BCUT2D eigenvalue weighted by atomic mass is 10.1. The van der Waals surface area contributed by atoms with E-state index in [1.54, 1.807) is 42.5 Å². The topological polar surface area (TPSA) is 52.9 Å². The normalized spacial score (nSPS) is 9.74. The molecule has 0 spiro atoms. The van der Waals surface area contributed by atoms with Crippen LogP contribution in [0, 0.1) is 11.3 Å². The van der Waals surface area contributed by atoms with E-state index < -0.39 is 0 Å². The van der Waals surface area contributed by atoms with Crippen LogP contribution in [0.4, 0.5) is 5.69 Å². The molecule has 1 amide bonds. The number of amides is 1. The number of benzene rings is 2. The second kappa shape index (κ2) is 5.87. The molecule has 3 nitrogen and oxygen atoms in total. The van der Waals surface area contributed by atoms with E-state index in [1.165, 1.54) is 0 Å². The second-order valence-electron chi connectivity index (χ2n) is 3.74. The van der Waals surface area contributed by atoms with Crippen molar-refractivity contribution in [2.75, 3.05) is 5.32 Å². The van der Waals surface area contributed by atoms with Gasteiger partial charge >= 0.3 is 0 Å². The van der Waals surface area contributed by atoms with Crippen molar-refractivity contribution in [2.45, 2.75) is 0 Å². The SMILES string of the molecule is N#Cc1ccccc1NC(=O)c1cc(Br)ccc1Cl. The van der Waals surface area contributed by atoms with Gasteiger partial charge in [-0.25, -0.2) is 0 Å². The van der Waals surface area contributed by atoms with Crippen molar-refractivity contribution >= 4 is 39.1 Å². The predicted molar refractivity (Wildman–Crippen MR) is 78.3 cm³/mol. The van der Waals surface area contributed by atoms with E-state index in [2.05, 4.69) is 21.2 Å². The molecule has 94 valence electrons. The maximum atomic E-state index is 12.1. The molecule has 0 fully saturated rings. The number of rotatable bonds is 2. The summed E-state index contributed by atoms with van der Waals surface area (Å²) in [6, 6.07) is 13.8. The molecule has 0 saturated carbocycles. The third-order valence-corrected chi connectivity index (χ3v) is 3.29. The number of para-hydroxylation sites is 1. The summed E-state index contributed by atoms with van der Waals surface area (Å²) in [5.41, 5.74) is 1.22. The van der Waals surface area contributed by atoms with Gasteiger partial charge in [0.05, 0.1) is 21.8 Å². The highest BCUT2D eigenvalue weighted by molar-refractivity contribution is 9.10. The average molecular weight is 336 g/mol. The van der Waals surface area contributed by atoms with Crippen LogP contribution in [0.5, 0.6) is 0 Å². The van der Waals surface area contributed by atoms with E-state index in [4.69, 9.17) is 16.9 Å². The van der Waals surface area contributed by atoms with Gasteiger partial charge in [-0.2, -0.15) is 5.26 Å². The van der Waals surface area contributed by atoms with E-state index in [0.717, 1.165) is 4.47 Å². The Kier molecular flexibility index (Phi) is 4.20. The fourth-order valence-corrected chi connectivity index (χ4v) is 2.12. The minimum atomic E-state index is -0.353. The first-order valence-corrected chi connectivity index (χ1v) is 6.54. The second-order valence-corrected chi connectivity index (χ2v) is 5.06. The van der Waals surface area contributed by atoms with Crippen molar-refractivity contribution in [3.8, 4) is 6.07 Å². The number of hydrogen-bond acceptors (Lipinski definition) is 2. The van der Waals surface area contributed by atoms with Crippen molar-refractivity contribution in [2.24, 2.45) is 0 Å². The summed E-state index contributed by atoms with van der Waals surface area (Å²) < 4.78 is 0.760. The van der Waals surface area contributed by atoms with Crippen LogP contribution in [0.2, 0.25) is 5.02 Å². The van der Waals surface area contributed by atoms with Gasteiger partial charge < -0.3 is 5.32 Å². The van der Waals surface area contributed by atoms with Gasteiger partial charge in [-0.1, -0.05) is 39.7 Å². The van der Waals surface area contributed by atoms with Crippen LogP contribution in [0.3, 0.4) is 0 Å². The summed E-state index contributed by atoms with van der Waals surface area (Å²) in [5, 5.41) is 12.0. The summed E-state index contributed by atoms with van der Waals surface area (Å²) >= 11 is 9.27. The minimum Gasteiger partial charge on any atom is -0.321 e. The highest BCUT2D eigenvalue weighted by Gasteiger charge is 2.12. The number of carbonyl (C=O) groups excluding carboxylic acids is 1. The summed E-state index contributed by atoms with van der Waals surface area (Å²) in [7, 11) is 0. The summed E-state index contributed by atoms with van der Waals surface area (Å²) in [6.45, 7) is 0. The van der Waals surface area contributed by atoms with Gasteiger partial charge in [0.2, 0.25) is 0 Å². The van der Waals surface area contributed by atoms with Crippen molar-refractivity contribution in [1.29, 1.82) is 5.26 Å². The quantitative estimate of drug-likeness (QED) is 0.893. The van der Waals surface area contributed by atoms with Crippen molar-refractivity contribution in [3.05, 3.63) is 63.1 Å². The van der Waals surface area contributed by atoms with E-state index in [9.17, 15) is 4.79 Å². The van der Waals surface area contributed by atoms with E-state index >= 15 is 0 Å². The Labute approximate surface area is 123 Å². The first-order chi connectivity index (χ1) is 9.11. The summed E-state index contributed by atoms with van der Waals surface area (Å²) in [4.78, 5) is 12.1. The average Bonchev–Trinajstić information content (AvgIpc) is 2.42. The molecule has 0 aromatic heterocycles. The van der Waals surface area contributed by atoms with Crippen LogP contribution in [0.1, 0.15) is 15.9 Å². The zero-order chi connectivity index (χ0) is 13.8. The van der Waals surface area contributed by atoms with Crippen LogP contribution in [-0.4, -0.2) is 5.91 Å². The zero-order valence-electron chi connectivity index (χ0n) is 9.65. The third-order valence-electron chi connectivity index (χ3n) is 2.47. The molecule has 2 rings (SSSR count). The molecule has 0 bridgehead atoms. The van der Waals surface area contributed by atoms with Gasteiger partial charge in [0.25, 0.3) is 5.91 Å². The third kappa shape index (κ3) is 3.14. The summed E-state index contributed by atoms with van der Waals surface area (Å²) in [6.07, 6.45) is 0.